The summed E-state index contributed by atoms with van der Waals surface area (Å²) in [4.78, 5) is 23.2. The molecule has 1 saturated heterocycles. The third kappa shape index (κ3) is 4.44. The first-order valence-electron chi connectivity index (χ1n) is 7.93. The van der Waals surface area contributed by atoms with E-state index in [-0.39, 0.29) is 20.6 Å². The van der Waals surface area contributed by atoms with Gasteiger partial charge in [0.25, 0.3) is 0 Å². The molecule has 0 aliphatic carbocycles. The number of nitro groups is 1. The standard InChI is InChI=1S/C15H11Cl2F3N4O4S/c16-7-4-6(29-15(18,19)20)5-8(17)10(7)23-11(12(24(26)27)14(21)22-23)13(25)9-2-1-3-28-9/h4-5,9H,1-3H2,(H2,21,22). The largest absolute Gasteiger partial charge is 0.446 e. The highest BCUT2D eigenvalue weighted by molar-refractivity contribution is 8.00. The highest BCUT2D eigenvalue weighted by atomic mass is 35.5. The van der Waals surface area contributed by atoms with E-state index in [1.807, 2.05) is 0 Å². The van der Waals surface area contributed by atoms with Crippen LogP contribution in [0.15, 0.2) is 17.0 Å². The van der Waals surface area contributed by atoms with Gasteiger partial charge in [-0.1, -0.05) is 23.2 Å². The van der Waals surface area contributed by atoms with Gasteiger partial charge in [-0.05, 0) is 36.7 Å². The van der Waals surface area contributed by atoms with E-state index in [1.54, 1.807) is 0 Å². The molecule has 1 atom stereocenters. The van der Waals surface area contributed by atoms with E-state index in [9.17, 15) is 28.1 Å². The minimum Gasteiger partial charge on any atom is -0.376 e. The number of nitrogen functional groups attached to an aromatic ring is 1. The first-order valence-corrected chi connectivity index (χ1v) is 9.50. The second-order valence-corrected chi connectivity index (χ2v) is 7.85. The number of hydrogen-bond acceptors (Lipinski definition) is 7. The summed E-state index contributed by atoms with van der Waals surface area (Å²) < 4.78 is 43.9. The Kier molecular flexibility index (Phi) is 5.99. The van der Waals surface area contributed by atoms with E-state index in [0.717, 1.165) is 16.8 Å². The molecule has 1 aliphatic heterocycles. The molecule has 1 unspecified atom stereocenters. The first kappa shape index (κ1) is 21.7. The summed E-state index contributed by atoms with van der Waals surface area (Å²) >= 11 is 11.8. The zero-order valence-electron chi connectivity index (χ0n) is 14.2. The van der Waals surface area contributed by atoms with E-state index >= 15 is 0 Å². The normalized spacial score (nSPS) is 16.9. The van der Waals surface area contributed by atoms with Crippen LogP contribution in [0.5, 0.6) is 0 Å². The maximum atomic E-state index is 12.9. The zero-order chi connectivity index (χ0) is 21.5. The molecule has 0 bridgehead atoms. The number of alkyl halides is 3. The van der Waals surface area contributed by atoms with Crippen molar-refractivity contribution in [3.63, 3.8) is 0 Å². The molecule has 8 nitrogen and oxygen atoms in total. The summed E-state index contributed by atoms with van der Waals surface area (Å²) in [6.07, 6.45) is -0.0243. The highest BCUT2D eigenvalue weighted by Gasteiger charge is 2.38. The van der Waals surface area contributed by atoms with E-state index < -0.39 is 51.3 Å². The van der Waals surface area contributed by atoms with Gasteiger partial charge in [0.1, 0.15) is 11.8 Å². The topological polar surface area (TPSA) is 113 Å². The number of benzene rings is 1. The quantitative estimate of drug-likeness (QED) is 0.293. The lowest BCUT2D eigenvalue weighted by Gasteiger charge is -2.14. The fourth-order valence-electron chi connectivity index (χ4n) is 2.86. The molecule has 2 aromatic rings. The van der Waals surface area contributed by atoms with Crippen LogP contribution in [0.1, 0.15) is 23.3 Å². The van der Waals surface area contributed by atoms with Crippen LogP contribution in [0, 0.1) is 10.1 Å². The van der Waals surface area contributed by atoms with Crippen LogP contribution in [-0.4, -0.2) is 38.7 Å². The molecule has 1 aromatic carbocycles. The van der Waals surface area contributed by atoms with Crippen LogP contribution in [0.25, 0.3) is 5.69 Å². The first-order chi connectivity index (χ1) is 13.5. The average Bonchev–Trinajstić information content (AvgIpc) is 3.19. The molecule has 0 spiro atoms. The number of hydrogen-bond donors (Lipinski definition) is 1. The monoisotopic (exact) mass is 470 g/mol. The molecule has 1 aromatic heterocycles. The Morgan fingerprint density at radius 2 is 2.00 bits per heavy atom. The Bertz CT molecular complexity index is 970. The van der Waals surface area contributed by atoms with Gasteiger partial charge in [0.15, 0.2) is 5.69 Å². The van der Waals surface area contributed by atoms with E-state index in [0.29, 0.717) is 19.4 Å². The maximum absolute atomic E-state index is 12.9. The molecule has 2 N–H and O–H groups in total. The molecule has 0 saturated carbocycles. The van der Waals surface area contributed by atoms with Crippen molar-refractivity contribution in [2.75, 3.05) is 12.3 Å². The molecule has 3 rings (SSSR count). The number of thioether (sulfide) groups is 1. The van der Waals surface area contributed by atoms with E-state index in [1.165, 1.54) is 0 Å². The second kappa shape index (κ2) is 8.01. The van der Waals surface area contributed by atoms with Crippen LogP contribution in [0.2, 0.25) is 10.0 Å². The molecule has 29 heavy (non-hydrogen) atoms. The summed E-state index contributed by atoms with van der Waals surface area (Å²) in [5.41, 5.74) is -0.435. The molecular formula is C15H11Cl2F3N4O4S. The Labute approximate surface area is 175 Å². The van der Waals surface area contributed by atoms with Crippen LogP contribution in [-0.2, 0) is 4.74 Å². The van der Waals surface area contributed by atoms with Gasteiger partial charge in [-0.3, -0.25) is 14.9 Å². The molecule has 156 valence electrons. The second-order valence-electron chi connectivity index (χ2n) is 5.90. The van der Waals surface area contributed by atoms with Crippen molar-refractivity contribution in [2.45, 2.75) is 29.3 Å². The molecule has 14 heteroatoms. The van der Waals surface area contributed by atoms with Gasteiger partial charge in [0.05, 0.1) is 15.0 Å². The Hall–Kier alpha value is -2.02. The number of ketones is 1. The van der Waals surface area contributed by atoms with Crippen LogP contribution in [0.4, 0.5) is 24.7 Å². The number of carbonyl (C=O) groups is 1. The molecule has 1 aliphatic rings. The lowest BCUT2D eigenvalue weighted by Crippen LogP contribution is -2.23. The third-order valence-corrected chi connectivity index (χ3v) is 5.24. The van der Waals surface area contributed by atoms with Gasteiger partial charge in [0, 0.05) is 11.5 Å². The van der Waals surface area contributed by atoms with Gasteiger partial charge >= 0.3 is 11.2 Å². The van der Waals surface area contributed by atoms with Gasteiger partial charge in [-0.2, -0.15) is 13.2 Å². The van der Waals surface area contributed by atoms with Crippen LogP contribution >= 0.6 is 35.0 Å². The predicted octanol–water partition coefficient (Wildman–Crippen LogP) is 4.64. The van der Waals surface area contributed by atoms with Gasteiger partial charge in [0.2, 0.25) is 11.6 Å². The summed E-state index contributed by atoms with van der Waals surface area (Å²) in [6.45, 7) is 0.304. The smallest absolute Gasteiger partial charge is 0.376 e. The van der Waals surface area contributed by atoms with Crippen LogP contribution in [0.3, 0.4) is 0 Å². The number of ether oxygens (including phenoxy) is 1. The van der Waals surface area contributed by atoms with Gasteiger partial charge in [-0.25, -0.2) is 4.68 Å². The lowest BCUT2D eigenvalue weighted by molar-refractivity contribution is -0.384. The maximum Gasteiger partial charge on any atom is 0.446 e. The molecule has 0 amide bonds. The van der Waals surface area contributed by atoms with Crippen molar-refractivity contribution in [3.05, 3.63) is 38.0 Å². The Morgan fingerprint density at radius 3 is 2.48 bits per heavy atom. The summed E-state index contributed by atoms with van der Waals surface area (Å²) in [7, 11) is 0. The van der Waals surface area contributed by atoms with E-state index in [4.69, 9.17) is 33.7 Å². The third-order valence-electron chi connectivity index (χ3n) is 3.96. The van der Waals surface area contributed by atoms with Crippen molar-refractivity contribution < 1.29 is 27.6 Å². The fraction of sp³-hybridized carbons (Fsp3) is 0.333. The molecule has 0 radical (unpaired) electrons. The van der Waals surface area contributed by atoms with E-state index in [2.05, 4.69) is 5.10 Å². The van der Waals surface area contributed by atoms with Gasteiger partial charge in [-0.15, -0.1) is 5.10 Å². The Morgan fingerprint density at radius 1 is 1.38 bits per heavy atom. The van der Waals surface area contributed by atoms with Crippen molar-refractivity contribution in [1.29, 1.82) is 0 Å². The average molecular weight is 471 g/mol. The lowest BCUT2D eigenvalue weighted by atomic mass is 10.1. The highest BCUT2D eigenvalue weighted by Crippen LogP contribution is 2.42. The van der Waals surface area contributed by atoms with Gasteiger partial charge < -0.3 is 10.5 Å². The number of aromatic nitrogens is 2. The number of carbonyl (C=O) groups excluding carboxylic acids is 1. The number of nitrogens with zero attached hydrogens (tertiary/aromatic N) is 3. The summed E-state index contributed by atoms with van der Waals surface area (Å²) in [5.74, 6) is -1.32. The van der Waals surface area contributed by atoms with Crippen LogP contribution < -0.4 is 5.73 Å². The number of nitrogens with two attached hydrogens (primary N) is 1. The minimum absolute atomic E-state index is 0.207. The molecule has 2 heterocycles. The summed E-state index contributed by atoms with van der Waals surface area (Å²) in [5, 5.41) is 14.7. The number of anilines is 1. The predicted molar refractivity (Wildman–Crippen MR) is 99.9 cm³/mol. The summed E-state index contributed by atoms with van der Waals surface area (Å²) in [6, 6.07) is 1.93. The van der Waals surface area contributed by atoms with Crippen molar-refractivity contribution in [2.24, 2.45) is 0 Å². The zero-order valence-corrected chi connectivity index (χ0v) is 16.5. The van der Waals surface area contributed by atoms with Crippen molar-refractivity contribution >= 4 is 52.3 Å². The van der Waals surface area contributed by atoms with Crippen molar-refractivity contribution in [3.8, 4) is 5.69 Å². The number of halogens is 5. The molecular weight excluding hydrogens is 460 g/mol. The minimum atomic E-state index is -4.58. The Balaban J connectivity index is 2.17. The van der Waals surface area contributed by atoms with Crippen molar-refractivity contribution in [1.82, 2.24) is 9.78 Å². The number of rotatable bonds is 5. The SMILES string of the molecule is Nc1nn(-c2c(Cl)cc(SC(F)(F)F)cc2Cl)c(C(=O)C2CCCO2)c1[N+](=O)[O-]. The number of Topliss-reactive ketones (excluding diaryl/α,β-unsaturated/α-hetero) is 1. The fourth-order valence-corrected chi connectivity index (χ4v) is 4.26. The molecule has 1 fully saturated rings.